The van der Waals surface area contributed by atoms with E-state index in [0.717, 1.165) is 36.6 Å². The van der Waals surface area contributed by atoms with Crippen LogP contribution in [0.1, 0.15) is 17.8 Å². The zero-order valence-electron chi connectivity index (χ0n) is 19.5. The van der Waals surface area contributed by atoms with Crippen LogP contribution < -0.4 is 9.47 Å². The third-order valence-electron chi connectivity index (χ3n) is 5.83. The van der Waals surface area contributed by atoms with E-state index in [1.54, 1.807) is 24.3 Å². The van der Waals surface area contributed by atoms with E-state index < -0.39 is 5.60 Å². The van der Waals surface area contributed by atoms with E-state index in [1.165, 1.54) is 0 Å². The molecule has 4 rings (SSSR count). The van der Waals surface area contributed by atoms with Gasteiger partial charge in [0, 0.05) is 43.6 Å². The van der Waals surface area contributed by atoms with Crippen molar-refractivity contribution in [3.63, 3.8) is 0 Å². The number of benzene rings is 2. The number of rotatable bonds is 10. The minimum atomic E-state index is -1.09. The number of aromatic nitrogens is 2. The van der Waals surface area contributed by atoms with Crippen LogP contribution in [0.5, 0.6) is 11.5 Å². The summed E-state index contributed by atoms with van der Waals surface area (Å²) in [6, 6.07) is 15.3. The zero-order valence-corrected chi connectivity index (χ0v) is 20.3. The van der Waals surface area contributed by atoms with E-state index in [-0.39, 0.29) is 13.2 Å². The summed E-state index contributed by atoms with van der Waals surface area (Å²) in [6.45, 7) is 6.44. The van der Waals surface area contributed by atoms with Crippen molar-refractivity contribution in [2.45, 2.75) is 32.0 Å². The quantitative estimate of drug-likeness (QED) is 0.438. The second-order valence-corrected chi connectivity index (χ2v) is 9.18. The lowest BCUT2D eigenvalue weighted by Gasteiger charge is -2.30. The molecule has 182 valence electrons. The molecule has 1 aliphatic rings. The van der Waals surface area contributed by atoms with E-state index in [9.17, 15) is 5.11 Å². The summed E-state index contributed by atoms with van der Waals surface area (Å²) in [5.74, 6) is 2.55. The molecular weight excluding hydrogens is 454 g/mol. The number of β-amino-alcohol motifs (C(OH)–C–C–N with tert-alkyl or cyclic N) is 1. The summed E-state index contributed by atoms with van der Waals surface area (Å²) < 4.78 is 19.5. The Kier molecular flexibility index (Phi) is 8.45. The molecule has 0 bridgehead atoms. The second-order valence-electron chi connectivity index (χ2n) is 8.74. The first-order valence-corrected chi connectivity index (χ1v) is 12.0. The highest BCUT2D eigenvalue weighted by Crippen LogP contribution is 2.21. The van der Waals surface area contributed by atoms with Crippen LogP contribution in [0.25, 0.3) is 0 Å². The van der Waals surface area contributed by atoms with Gasteiger partial charge in [0.2, 0.25) is 0 Å². The van der Waals surface area contributed by atoms with Crippen LogP contribution in [-0.4, -0.2) is 64.7 Å². The van der Waals surface area contributed by atoms with Gasteiger partial charge in [-0.15, -0.1) is 0 Å². The van der Waals surface area contributed by atoms with Gasteiger partial charge in [-0.3, -0.25) is 4.90 Å². The van der Waals surface area contributed by atoms with Gasteiger partial charge in [0.15, 0.2) is 0 Å². The zero-order chi connectivity index (χ0) is 23.8. The maximum Gasteiger partial charge on any atom is 0.134 e. The molecule has 0 spiro atoms. The Labute approximate surface area is 205 Å². The molecule has 0 unspecified atom stereocenters. The molecule has 8 heteroatoms. The molecule has 1 fully saturated rings. The first-order chi connectivity index (χ1) is 16.5. The van der Waals surface area contributed by atoms with E-state index >= 15 is 0 Å². The summed E-state index contributed by atoms with van der Waals surface area (Å²) in [7, 11) is 0. The number of ether oxygens (including phenoxy) is 3. The fourth-order valence-electron chi connectivity index (χ4n) is 3.98. The van der Waals surface area contributed by atoms with Gasteiger partial charge >= 0.3 is 0 Å². The van der Waals surface area contributed by atoms with Crippen LogP contribution in [0, 0.1) is 6.92 Å². The normalized spacial score (nSPS) is 19.0. The smallest absolute Gasteiger partial charge is 0.134 e. The number of imidazole rings is 1. The van der Waals surface area contributed by atoms with Crippen LogP contribution in [0.2, 0.25) is 5.02 Å². The predicted octanol–water partition coefficient (Wildman–Crippen LogP) is 3.96. The van der Waals surface area contributed by atoms with Crippen molar-refractivity contribution < 1.29 is 19.3 Å². The van der Waals surface area contributed by atoms with Gasteiger partial charge in [0.25, 0.3) is 0 Å². The average molecular weight is 486 g/mol. The van der Waals surface area contributed by atoms with Gasteiger partial charge in [-0.2, -0.15) is 0 Å². The molecule has 2 heterocycles. The summed E-state index contributed by atoms with van der Waals surface area (Å²) in [4.78, 5) is 6.43. The Hall–Kier alpha value is -2.58. The molecule has 34 heavy (non-hydrogen) atoms. The van der Waals surface area contributed by atoms with Crippen LogP contribution in [0.15, 0.2) is 60.9 Å². The molecule has 2 aromatic carbocycles. The van der Waals surface area contributed by atoms with Crippen molar-refractivity contribution in [3.8, 4) is 11.5 Å². The molecular formula is C26H32ClN3O4. The number of aliphatic hydroxyl groups is 1. The van der Waals surface area contributed by atoms with Crippen molar-refractivity contribution in [1.82, 2.24) is 14.5 Å². The molecule has 0 radical (unpaired) electrons. The van der Waals surface area contributed by atoms with E-state index in [0.29, 0.717) is 37.1 Å². The SMILES string of the molecule is Cc1nccn1CCCOc1ccc(CN2CCOC[C@@](O)(COc3ccc(Cl)cc3)C2)cc1. The summed E-state index contributed by atoms with van der Waals surface area (Å²) >= 11 is 5.93. The molecule has 3 aromatic rings. The first kappa shape index (κ1) is 24.5. The maximum atomic E-state index is 11.1. The van der Waals surface area contributed by atoms with Gasteiger partial charge in [-0.05, 0) is 55.3 Å². The molecule has 1 saturated heterocycles. The van der Waals surface area contributed by atoms with Crippen molar-refractivity contribution in [2.24, 2.45) is 0 Å². The van der Waals surface area contributed by atoms with Crippen molar-refractivity contribution in [3.05, 3.63) is 77.3 Å². The van der Waals surface area contributed by atoms with E-state index in [4.69, 9.17) is 25.8 Å². The Morgan fingerprint density at radius 1 is 1.09 bits per heavy atom. The Balaban J connectivity index is 1.24. The molecule has 1 atom stereocenters. The number of halogens is 1. The molecule has 1 N–H and O–H groups in total. The van der Waals surface area contributed by atoms with Gasteiger partial charge < -0.3 is 23.9 Å². The molecule has 0 saturated carbocycles. The molecule has 1 aromatic heterocycles. The van der Waals surface area contributed by atoms with E-state index in [1.807, 2.05) is 31.5 Å². The topological polar surface area (TPSA) is 69.0 Å². The van der Waals surface area contributed by atoms with Crippen molar-refractivity contribution >= 4 is 11.6 Å². The standard InChI is InChI=1S/C26H32ClN3O4/c1-21-28-11-13-30(21)12-2-15-33-24-7-3-22(4-8-24)17-29-14-16-32-19-26(31,18-29)20-34-25-9-5-23(27)6-10-25/h3-11,13,31H,2,12,14-20H2,1H3/t26-/m1/s1. The summed E-state index contributed by atoms with van der Waals surface area (Å²) in [5, 5.41) is 11.8. The van der Waals surface area contributed by atoms with Crippen LogP contribution in [0.3, 0.4) is 0 Å². The van der Waals surface area contributed by atoms with Gasteiger partial charge in [0.1, 0.15) is 29.5 Å². The van der Waals surface area contributed by atoms with Crippen LogP contribution in [-0.2, 0) is 17.8 Å². The number of hydrogen-bond acceptors (Lipinski definition) is 6. The third kappa shape index (κ3) is 7.21. The predicted molar refractivity (Wildman–Crippen MR) is 132 cm³/mol. The highest BCUT2D eigenvalue weighted by atomic mass is 35.5. The summed E-state index contributed by atoms with van der Waals surface area (Å²) in [5.41, 5.74) is 0.0662. The molecule has 0 aliphatic carbocycles. The van der Waals surface area contributed by atoms with E-state index in [2.05, 4.69) is 26.6 Å². The fourth-order valence-corrected chi connectivity index (χ4v) is 4.11. The lowest BCUT2D eigenvalue weighted by molar-refractivity contribution is -0.0646. The minimum absolute atomic E-state index is 0.149. The average Bonchev–Trinajstić information content (AvgIpc) is 3.15. The number of aryl methyl sites for hydroxylation is 2. The van der Waals surface area contributed by atoms with Gasteiger partial charge in [0.05, 0.1) is 19.8 Å². The first-order valence-electron chi connectivity index (χ1n) is 11.6. The third-order valence-corrected chi connectivity index (χ3v) is 6.08. The van der Waals surface area contributed by atoms with Crippen LogP contribution in [0.4, 0.5) is 0 Å². The Morgan fingerprint density at radius 3 is 2.56 bits per heavy atom. The molecule has 7 nitrogen and oxygen atoms in total. The molecule has 0 amide bonds. The Morgan fingerprint density at radius 2 is 1.82 bits per heavy atom. The maximum absolute atomic E-state index is 11.1. The minimum Gasteiger partial charge on any atom is -0.494 e. The molecule has 1 aliphatic heterocycles. The van der Waals surface area contributed by atoms with Gasteiger partial charge in [-0.1, -0.05) is 23.7 Å². The fraction of sp³-hybridized carbons (Fsp3) is 0.423. The second kappa shape index (κ2) is 11.7. The van der Waals surface area contributed by atoms with Crippen molar-refractivity contribution in [2.75, 3.05) is 39.5 Å². The highest BCUT2D eigenvalue weighted by Gasteiger charge is 2.33. The monoisotopic (exact) mass is 485 g/mol. The number of nitrogens with zero attached hydrogens (tertiary/aromatic N) is 3. The highest BCUT2D eigenvalue weighted by molar-refractivity contribution is 6.30. The largest absolute Gasteiger partial charge is 0.494 e. The lowest BCUT2D eigenvalue weighted by Crippen LogP contribution is -2.48. The number of hydrogen-bond donors (Lipinski definition) is 1. The van der Waals surface area contributed by atoms with Gasteiger partial charge in [-0.25, -0.2) is 4.98 Å². The Bertz CT molecular complexity index is 1030. The lowest BCUT2D eigenvalue weighted by atomic mass is 10.1. The van der Waals surface area contributed by atoms with Crippen LogP contribution >= 0.6 is 11.6 Å². The summed E-state index contributed by atoms with van der Waals surface area (Å²) in [6.07, 6.45) is 4.73. The van der Waals surface area contributed by atoms with Crippen molar-refractivity contribution in [1.29, 1.82) is 0 Å².